The number of fused-ring (bicyclic) bond motifs is 7. The van der Waals surface area contributed by atoms with E-state index < -0.39 is 18.3 Å². The van der Waals surface area contributed by atoms with Crippen molar-refractivity contribution < 1.29 is 111 Å². The Labute approximate surface area is 865 Å². The number of aliphatic hydroxyl groups excluding tert-OH is 6. The molecule has 1 aliphatic carbocycles. The van der Waals surface area contributed by atoms with Gasteiger partial charge in [0, 0.05) is 143 Å². The van der Waals surface area contributed by atoms with Gasteiger partial charge >= 0.3 is 0 Å². The zero-order valence-electron chi connectivity index (χ0n) is 75.6. The number of thiazole rings is 4. The number of aliphatic hydroxyl groups is 6. The number of hydrogen-bond acceptors (Lipinski definition) is 19. The molecule has 0 amide bonds. The topological polar surface area (TPSA) is 212 Å². The van der Waals surface area contributed by atoms with Crippen LogP contribution in [0.1, 0.15) is 106 Å². The molecule has 10 aromatic carbocycles. The molecule has 19 aromatic rings. The maximum absolute atomic E-state index is 8.49. The van der Waals surface area contributed by atoms with Gasteiger partial charge in [-0.25, -0.2) is 22.7 Å². The van der Waals surface area contributed by atoms with Crippen LogP contribution in [0.25, 0.3) is 127 Å². The molecule has 4 radical (unpaired) electrons. The van der Waals surface area contributed by atoms with E-state index >= 15 is 0 Å². The second-order valence-corrected chi connectivity index (χ2v) is 36.6. The molecule has 0 aliphatic heterocycles. The van der Waals surface area contributed by atoms with Crippen LogP contribution in [0.3, 0.4) is 0 Å². The van der Waals surface area contributed by atoms with E-state index in [4.69, 9.17) is 30.6 Å². The summed E-state index contributed by atoms with van der Waals surface area (Å²) in [6, 6.07) is 121. The van der Waals surface area contributed by atoms with Gasteiger partial charge in [0.2, 0.25) is 0 Å². The summed E-state index contributed by atoms with van der Waals surface area (Å²) in [5.74, 6) is 0.486. The molecule has 0 bridgehead atoms. The third kappa shape index (κ3) is 33.6. The van der Waals surface area contributed by atoms with E-state index in [1.165, 1.54) is 85.6 Å². The van der Waals surface area contributed by atoms with E-state index in [-0.39, 0.29) is 109 Å². The fourth-order valence-electron chi connectivity index (χ4n) is 13.4. The second kappa shape index (κ2) is 56.9. The molecule has 0 saturated carbocycles. The molecule has 23 heteroatoms. The van der Waals surface area contributed by atoms with Crippen LogP contribution < -0.4 is 0 Å². The van der Waals surface area contributed by atoms with Crippen molar-refractivity contribution in [3.8, 4) is 85.8 Å². The molecule has 9 aromatic heterocycles. The van der Waals surface area contributed by atoms with Gasteiger partial charge in [0.25, 0.3) is 0 Å². The van der Waals surface area contributed by atoms with Crippen molar-refractivity contribution in [3.63, 3.8) is 0 Å². The Balaban J connectivity index is 0.000000207. The fourth-order valence-corrected chi connectivity index (χ4v) is 18.5. The molecule has 6 N–H and O–H groups in total. The van der Waals surface area contributed by atoms with E-state index in [0.29, 0.717) is 0 Å². The Morgan fingerprint density at radius 2 is 0.679 bits per heavy atom. The zero-order chi connectivity index (χ0) is 92.2. The summed E-state index contributed by atoms with van der Waals surface area (Å²) in [6.07, 6.45) is 10.1. The van der Waals surface area contributed by atoms with Gasteiger partial charge in [0.05, 0.1) is 57.7 Å². The summed E-state index contributed by atoms with van der Waals surface area (Å²) in [5, 5.41) is 58.9. The molecular weight excluding hydrogens is 2490 g/mol. The third-order valence-electron chi connectivity index (χ3n) is 19.4. The number of pyridine rings is 3. The van der Waals surface area contributed by atoms with Gasteiger partial charge in [0.15, 0.2) is 0 Å². The van der Waals surface area contributed by atoms with E-state index in [1.54, 1.807) is 101 Å². The number of thiophene rings is 2. The van der Waals surface area contributed by atoms with E-state index in [9.17, 15) is 0 Å². The van der Waals surface area contributed by atoms with Gasteiger partial charge in [-0.1, -0.05) is 165 Å². The summed E-state index contributed by atoms with van der Waals surface area (Å²) in [7, 11) is 0. The van der Waals surface area contributed by atoms with Gasteiger partial charge in [0.1, 0.15) is 0 Å². The Bertz CT molecular complexity index is 6150. The molecule has 3 atom stereocenters. The van der Waals surface area contributed by atoms with Crippen LogP contribution in [0.15, 0.2) is 356 Å². The summed E-state index contributed by atoms with van der Waals surface area (Å²) in [5.41, 5.74) is 19.8. The minimum Gasteiger partial charge on any atom is -0.513 e. The van der Waals surface area contributed by atoms with Crippen LogP contribution in [0, 0.1) is 42.5 Å². The van der Waals surface area contributed by atoms with Crippen molar-refractivity contribution in [3.05, 3.63) is 415 Å². The normalized spacial score (nSPS) is 12.0. The monoisotopic (exact) mass is 2590 g/mol. The van der Waals surface area contributed by atoms with Crippen molar-refractivity contribution in [1.82, 2.24) is 34.9 Å². The number of hydrogen-bond donors (Lipinski definition) is 6. The first kappa shape index (κ1) is 111. The van der Waals surface area contributed by atoms with Gasteiger partial charge in [-0.05, 0) is 167 Å². The minimum atomic E-state index is -0.537. The molecule has 0 fully saturated rings. The SMILES string of the molecule is CC(C)(C)c1c[c-]c(-c2nc3ccccc3s2)cc1.CC(O)=CC(C)O.CC(O)=CC(C)O.CC(O)=CC(C)O.CCC1(CC)c2ccccc2-c2c[c-]c(-c3ccccn3)cc21.[Ir].[Ir].[Ir].[Ir].[c-]1ccccc1-c1nc2ccccc2s1.[c-]1ccccc1-c1nc2ccccc2s1.[c-]1ccccc1-c1nc2ccccc2s1.[c-]1ccsc1-c1ccccn1.[c-]1ccsc1-c1ccccn1. The van der Waals surface area contributed by atoms with Gasteiger partial charge in [-0.15, -0.1) is 183 Å². The Hall–Kier alpha value is -10.3. The van der Waals surface area contributed by atoms with Crippen LogP contribution in [0.2, 0.25) is 0 Å². The fraction of sp³-hybridized carbons (Fsp3) is 0.162. The van der Waals surface area contributed by atoms with Gasteiger partial charge < -0.3 is 45.6 Å². The predicted octanol–water partition coefficient (Wildman–Crippen LogP) is 29.7. The summed E-state index contributed by atoms with van der Waals surface area (Å²) in [6.45, 7) is 20.6. The molecule has 0 saturated heterocycles. The first-order valence-corrected chi connectivity index (χ1v) is 47.3. The molecule has 1 aliphatic rings. The van der Waals surface area contributed by atoms with Crippen molar-refractivity contribution in [2.75, 3.05) is 0 Å². The van der Waals surface area contributed by atoms with E-state index in [1.807, 2.05) is 211 Å². The molecule has 3 unspecified atom stereocenters. The summed E-state index contributed by atoms with van der Waals surface area (Å²) < 4.78 is 4.91. The average Bonchev–Trinajstić information content (AvgIpc) is 1.57. The molecule has 134 heavy (non-hydrogen) atoms. The maximum Gasteiger partial charge on any atom is 0.0877 e. The predicted molar refractivity (Wildman–Crippen MR) is 547 cm³/mol. The molecule has 9 heterocycles. The molecular formula is C111H102Ir4N7O6S6-7. The Kier molecular flexibility index (Phi) is 47.0. The molecule has 0 spiro atoms. The van der Waals surface area contributed by atoms with Gasteiger partial charge in [-0.3, -0.25) is 19.9 Å². The third-order valence-corrected chi connectivity index (χ3v) is 25.4. The van der Waals surface area contributed by atoms with Crippen molar-refractivity contribution in [2.24, 2.45) is 0 Å². The number of benzene rings is 10. The first-order chi connectivity index (χ1) is 62.9. The zero-order valence-corrected chi connectivity index (χ0v) is 90.1. The number of allylic oxidation sites excluding steroid dienone is 3. The molecule has 13 nitrogen and oxygen atoms in total. The quantitative estimate of drug-likeness (QED) is 0.0497. The van der Waals surface area contributed by atoms with Crippen molar-refractivity contribution in [1.29, 1.82) is 0 Å². The number of para-hydroxylation sites is 4. The van der Waals surface area contributed by atoms with Crippen LogP contribution in [0.5, 0.6) is 0 Å². The summed E-state index contributed by atoms with van der Waals surface area (Å²) >= 11 is 10.2. The molecule has 20 rings (SSSR count). The van der Waals surface area contributed by atoms with Crippen molar-refractivity contribution in [2.45, 2.75) is 118 Å². The first-order valence-electron chi connectivity index (χ1n) is 42.3. The van der Waals surface area contributed by atoms with Crippen molar-refractivity contribution >= 4 is 109 Å². The second-order valence-electron chi connectivity index (χ2n) is 30.6. The van der Waals surface area contributed by atoms with Crippen LogP contribution in [0.4, 0.5) is 0 Å². The molecule has 696 valence electrons. The van der Waals surface area contributed by atoms with Crippen LogP contribution >= 0.6 is 68.0 Å². The van der Waals surface area contributed by atoms with E-state index in [2.05, 4.69) is 209 Å². The largest absolute Gasteiger partial charge is 0.513 e. The minimum absolute atomic E-state index is 0. The smallest absolute Gasteiger partial charge is 0.0877 e. The number of aromatic nitrogens is 7. The number of nitrogens with zero attached hydrogens (tertiary/aromatic N) is 7. The van der Waals surface area contributed by atoms with Gasteiger partial charge in [-0.2, -0.15) is 69.6 Å². The Morgan fingerprint density at radius 3 is 0.963 bits per heavy atom. The average molecular weight is 2590 g/mol. The van der Waals surface area contributed by atoms with E-state index in [0.717, 1.165) is 110 Å². The standard InChI is InChI=1S/C22H20N.C17H16NS.3C13H8NS.2C9H6NS.3C5H10O2.4Ir/c1-3-22(4-2)19-10-6-5-9-17(19)18-13-12-16(15-20(18)22)21-11-7-8-14-23-21;1-17(2,3)13-10-8-12(9-11-13)16-18-14-6-4-5-7-15(14)19-16;3*1-2-6-10(7-3-1)13-14-11-8-4-5-9-12(11)15-13;2*1-2-6-10-8(4-1)9-5-3-7-11-9;3*1-4(6)3-5(2)7;;;;/h5-11,13-15H,3-4H2,1-2H3;4-8,10-11H,1-3H3;3*1-6,8-9H;2*1-4,6-7H;3*3-4,6-7H,1-2H3;;;;/q7*-1;;;;;;;. The van der Waals surface area contributed by atoms with Crippen LogP contribution in [-0.2, 0) is 91.3 Å². The Morgan fingerprint density at radius 1 is 0.351 bits per heavy atom. The summed E-state index contributed by atoms with van der Waals surface area (Å²) in [4.78, 5) is 33.5. The van der Waals surface area contributed by atoms with Crippen LogP contribution in [-0.4, -0.2) is 83.8 Å². The maximum atomic E-state index is 8.49. The number of rotatable bonds is 12.